The third-order valence-corrected chi connectivity index (χ3v) is 6.71. The Hall–Kier alpha value is -2.67. The van der Waals surface area contributed by atoms with E-state index in [0.717, 1.165) is 35.6 Å². The van der Waals surface area contributed by atoms with Crippen molar-refractivity contribution in [3.63, 3.8) is 0 Å². The Bertz CT molecular complexity index is 955. The number of nitrogens with zero attached hydrogens (tertiary/aromatic N) is 3. The molecule has 0 saturated carbocycles. The summed E-state index contributed by atoms with van der Waals surface area (Å²) in [6.07, 6.45) is 7.44. The van der Waals surface area contributed by atoms with Crippen molar-refractivity contribution < 1.29 is 14.3 Å². The minimum Gasteiger partial charge on any atom is -0.483 e. The van der Waals surface area contributed by atoms with E-state index in [0.29, 0.717) is 18.7 Å². The molecule has 30 heavy (non-hydrogen) atoms. The second-order valence-electron chi connectivity index (χ2n) is 7.84. The first-order valence-corrected chi connectivity index (χ1v) is 11.3. The Balaban J connectivity index is 1.63. The minimum absolute atomic E-state index is 0.000323. The molecule has 0 N–H and O–H groups in total. The fourth-order valence-corrected chi connectivity index (χ4v) is 4.91. The van der Waals surface area contributed by atoms with Crippen LogP contribution in [-0.4, -0.2) is 58.9 Å². The minimum atomic E-state index is -0.0758. The number of allylic oxidation sites excluding steroid dienone is 1. The smallest absolute Gasteiger partial charge is 0.273 e. The largest absolute Gasteiger partial charge is 0.483 e. The van der Waals surface area contributed by atoms with Crippen molar-refractivity contribution in [1.29, 1.82) is 0 Å². The normalized spacial score (nSPS) is 23.5. The molecule has 4 rings (SSSR count). The number of carbonyl (C=O) groups excluding carboxylic acids is 2. The van der Waals surface area contributed by atoms with Crippen LogP contribution in [0.4, 0.5) is 0 Å². The van der Waals surface area contributed by atoms with E-state index in [9.17, 15) is 9.59 Å². The van der Waals surface area contributed by atoms with Gasteiger partial charge in [0.1, 0.15) is 11.4 Å². The van der Waals surface area contributed by atoms with E-state index < -0.39 is 0 Å². The lowest BCUT2D eigenvalue weighted by Gasteiger charge is -2.44. The first-order chi connectivity index (χ1) is 14.5. The molecule has 2 amide bonds. The number of likely N-dealkylation sites (N-methyl/N-ethyl adjacent to an activating group) is 1. The number of para-hydroxylation sites is 1. The summed E-state index contributed by atoms with van der Waals surface area (Å²) in [5, 5.41) is 2.71. The van der Waals surface area contributed by atoms with E-state index in [1.165, 1.54) is 11.3 Å². The maximum Gasteiger partial charge on any atom is 0.273 e. The highest BCUT2D eigenvalue weighted by molar-refractivity contribution is 7.09. The Labute approximate surface area is 181 Å². The molecule has 0 spiro atoms. The number of piperidine rings is 1. The number of hydrogen-bond donors (Lipinski definition) is 0. The summed E-state index contributed by atoms with van der Waals surface area (Å²) in [7, 11) is 1.83. The van der Waals surface area contributed by atoms with Crippen molar-refractivity contribution in [2.75, 3.05) is 20.2 Å². The molecule has 0 radical (unpaired) electrons. The molecule has 2 aromatic rings. The van der Waals surface area contributed by atoms with Crippen LogP contribution in [0.15, 0.2) is 41.8 Å². The van der Waals surface area contributed by atoms with Crippen molar-refractivity contribution in [2.45, 2.75) is 44.7 Å². The number of benzene rings is 1. The number of carbonyl (C=O) groups is 2. The molecule has 2 aliphatic heterocycles. The van der Waals surface area contributed by atoms with E-state index in [4.69, 9.17) is 4.74 Å². The lowest BCUT2D eigenvalue weighted by atomic mass is 9.91. The van der Waals surface area contributed by atoms with E-state index in [1.54, 1.807) is 4.90 Å². The Kier molecular flexibility index (Phi) is 6.18. The lowest BCUT2D eigenvalue weighted by Crippen LogP contribution is -2.57. The number of fused-ring (bicyclic) bond motifs is 2. The van der Waals surface area contributed by atoms with Crippen LogP contribution >= 0.6 is 11.3 Å². The maximum atomic E-state index is 13.2. The van der Waals surface area contributed by atoms with Gasteiger partial charge in [0, 0.05) is 19.0 Å². The fraction of sp³-hybridized carbons (Fsp3) is 0.435. The van der Waals surface area contributed by atoms with Crippen LogP contribution in [0.1, 0.15) is 40.3 Å². The van der Waals surface area contributed by atoms with E-state index >= 15 is 0 Å². The first-order valence-electron chi connectivity index (χ1n) is 10.4. The molecular weight excluding hydrogens is 398 g/mol. The molecule has 0 aliphatic carbocycles. The van der Waals surface area contributed by atoms with Crippen LogP contribution < -0.4 is 4.74 Å². The van der Waals surface area contributed by atoms with Crippen molar-refractivity contribution in [1.82, 2.24) is 14.8 Å². The van der Waals surface area contributed by atoms with Gasteiger partial charge in [0.15, 0.2) is 6.61 Å². The fourth-order valence-electron chi connectivity index (χ4n) is 4.32. The van der Waals surface area contributed by atoms with Gasteiger partial charge in [0.25, 0.3) is 11.8 Å². The second kappa shape index (κ2) is 9.00. The van der Waals surface area contributed by atoms with Crippen LogP contribution in [0.5, 0.6) is 5.75 Å². The van der Waals surface area contributed by atoms with Crippen LogP contribution in [0.25, 0.3) is 0 Å². The standard InChI is InChI=1S/C23H27N3O3S/c1-16-24-18(15-30-16)23(28)26-13-7-11-19-20(26)10-5-3-8-17-9-4-6-12-21(17)29-14-22(27)25(19)2/h3-6,9,12,15,19-20H,7-8,10-11,13-14H2,1-2H3/b5-3+/t19-,20-/m1/s1. The summed E-state index contributed by atoms with van der Waals surface area (Å²) in [5.41, 5.74) is 1.55. The van der Waals surface area contributed by atoms with Crippen LogP contribution in [0.2, 0.25) is 0 Å². The zero-order chi connectivity index (χ0) is 21.1. The van der Waals surface area contributed by atoms with Gasteiger partial charge in [-0.15, -0.1) is 11.3 Å². The highest BCUT2D eigenvalue weighted by atomic mass is 32.1. The molecule has 7 heteroatoms. The summed E-state index contributed by atoms with van der Waals surface area (Å²) < 4.78 is 5.85. The van der Waals surface area contributed by atoms with Crippen LogP contribution in [0.3, 0.4) is 0 Å². The molecule has 1 fully saturated rings. The highest BCUT2D eigenvalue weighted by Crippen LogP contribution is 2.28. The molecule has 3 heterocycles. The van der Waals surface area contributed by atoms with Crippen molar-refractivity contribution in [2.24, 2.45) is 0 Å². The van der Waals surface area contributed by atoms with Gasteiger partial charge in [0.2, 0.25) is 0 Å². The number of aryl methyl sites for hydroxylation is 1. The van der Waals surface area contributed by atoms with E-state index in [2.05, 4.69) is 17.1 Å². The molecule has 158 valence electrons. The SMILES string of the molecule is Cc1nc(C(=O)N2CCC[C@@H]3[C@H]2C/C=C/Cc2ccccc2OCC(=O)N3C)cs1. The van der Waals surface area contributed by atoms with Gasteiger partial charge >= 0.3 is 0 Å². The number of likely N-dealkylation sites (tertiary alicyclic amines) is 1. The van der Waals surface area contributed by atoms with Gasteiger partial charge in [-0.05, 0) is 44.2 Å². The summed E-state index contributed by atoms with van der Waals surface area (Å²) in [5.74, 6) is 0.639. The Morgan fingerprint density at radius 3 is 2.87 bits per heavy atom. The molecule has 0 bridgehead atoms. The molecule has 2 atom stereocenters. The van der Waals surface area contributed by atoms with E-state index in [1.807, 2.05) is 48.5 Å². The Morgan fingerprint density at radius 1 is 1.23 bits per heavy atom. The number of ether oxygens (including phenoxy) is 1. The zero-order valence-electron chi connectivity index (χ0n) is 17.4. The quantitative estimate of drug-likeness (QED) is 0.657. The second-order valence-corrected chi connectivity index (χ2v) is 8.90. The molecule has 1 aromatic carbocycles. The van der Waals surface area contributed by atoms with Crippen molar-refractivity contribution >= 4 is 23.2 Å². The average molecular weight is 426 g/mol. The third kappa shape index (κ3) is 4.26. The van der Waals surface area contributed by atoms with Crippen molar-refractivity contribution in [3.05, 3.63) is 58.1 Å². The molecule has 1 aromatic heterocycles. The molecule has 2 aliphatic rings. The monoisotopic (exact) mass is 425 g/mol. The van der Waals surface area contributed by atoms with Gasteiger partial charge in [-0.3, -0.25) is 9.59 Å². The third-order valence-electron chi connectivity index (χ3n) is 5.94. The average Bonchev–Trinajstić information content (AvgIpc) is 3.20. The number of hydrogen-bond acceptors (Lipinski definition) is 5. The Morgan fingerprint density at radius 2 is 2.07 bits per heavy atom. The highest BCUT2D eigenvalue weighted by Gasteiger charge is 2.38. The zero-order valence-corrected chi connectivity index (χ0v) is 18.2. The van der Waals surface area contributed by atoms with Gasteiger partial charge in [-0.2, -0.15) is 0 Å². The predicted octanol–water partition coefficient (Wildman–Crippen LogP) is 3.46. The van der Waals surface area contributed by atoms with Gasteiger partial charge in [-0.25, -0.2) is 4.98 Å². The summed E-state index contributed by atoms with van der Waals surface area (Å²) in [4.78, 5) is 34.2. The number of aromatic nitrogens is 1. The maximum absolute atomic E-state index is 13.2. The molecule has 0 unspecified atom stereocenters. The van der Waals surface area contributed by atoms with Gasteiger partial charge in [-0.1, -0.05) is 30.4 Å². The van der Waals surface area contributed by atoms with Gasteiger partial charge in [0.05, 0.1) is 17.1 Å². The number of rotatable bonds is 1. The van der Waals surface area contributed by atoms with Crippen LogP contribution in [0, 0.1) is 6.92 Å². The number of amides is 2. The summed E-state index contributed by atoms with van der Waals surface area (Å²) in [6, 6.07) is 7.70. The van der Waals surface area contributed by atoms with Crippen LogP contribution in [-0.2, 0) is 11.2 Å². The topological polar surface area (TPSA) is 62.7 Å². The molecule has 6 nitrogen and oxygen atoms in total. The van der Waals surface area contributed by atoms with Gasteiger partial charge < -0.3 is 14.5 Å². The molecule has 1 saturated heterocycles. The summed E-state index contributed by atoms with van der Waals surface area (Å²) in [6.45, 7) is 2.59. The van der Waals surface area contributed by atoms with Crippen molar-refractivity contribution in [3.8, 4) is 5.75 Å². The lowest BCUT2D eigenvalue weighted by molar-refractivity contribution is -0.136. The number of thiazole rings is 1. The predicted molar refractivity (Wildman–Crippen MR) is 117 cm³/mol. The first kappa shape index (κ1) is 20.6. The molecular formula is C23H27N3O3S. The van der Waals surface area contributed by atoms with E-state index in [-0.39, 0.29) is 30.5 Å². The summed E-state index contributed by atoms with van der Waals surface area (Å²) >= 11 is 1.49.